The lowest BCUT2D eigenvalue weighted by Crippen LogP contribution is -2.67. The van der Waals surface area contributed by atoms with Gasteiger partial charge in [0.25, 0.3) is 0 Å². The van der Waals surface area contributed by atoms with Crippen molar-refractivity contribution in [3.8, 4) is 0 Å². The highest BCUT2D eigenvalue weighted by atomic mass is 32.2. The third-order valence-electron chi connectivity index (χ3n) is 4.46. The van der Waals surface area contributed by atoms with Gasteiger partial charge in [-0.3, -0.25) is 4.90 Å². The van der Waals surface area contributed by atoms with Crippen LogP contribution in [0.25, 0.3) is 0 Å². The molecule has 1 aliphatic heterocycles. The van der Waals surface area contributed by atoms with Crippen LogP contribution in [0.4, 0.5) is 0 Å². The lowest BCUT2D eigenvalue weighted by molar-refractivity contribution is 0.0194. The van der Waals surface area contributed by atoms with Gasteiger partial charge in [-0.1, -0.05) is 12.8 Å². The second-order valence-corrected chi connectivity index (χ2v) is 7.42. The van der Waals surface area contributed by atoms with Gasteiger partial charge in [0, 0.05) is 24.2 Å². The number of hydrogen-bond acceptors (Lipinski definition) is 3. The molecule has 3 heteroatoms. The van der Waals surface area contributed by atoms with Crippen LogP contribution in [0.1, 0.15) is 46.0 Å². The van der Waals surface area contributed by atoms with Gasteiger partial charge in [0.15, 0.2) is 0 Å². The maximum Gasteiger partial charge on any atom is 0.0334 e. The van der Waals surface area contributed by atoms with Gasteiger partial charge in [-0.25, -0.2) is 0 Å². The molecule has 2 rings (SSSR count). The van der Waals surface area contributed by atoms with Crippen molar-refractivity contribution in [3.63, 3.8) is 0 Å². The number of thioether (sulfide) groups is 1. The zero-order valence-electron chi connectivity index (χ0n) is 11.7. The van der Waals surface area contributed by atoms with Crippen molar-refractivity contribution in [3.05, 3.63) is 0 Å². The molecule has 2 aliphatic rings. The van der Waals surface area contributed by atoms with E-state index < -0.39 is 0 Å². The molecule has 0 atom stereocenters. The van der Waals surface area contributed by atoms with E-state index in [1.807, 2.05) is 11.8 Å². The van der Waals surface area contributed by atoms with E-state index in [1.54, 1.807) is 0 Å². The largest absolute Gasteiger partial charge is 0.309 e. The van der Waals surface area contributed by atoms with Crippen LogP contribution in [-0.2, 0) is 0 Å². The number of rotatable bonds is 4. The molecule has 1 spiro atoms. The summed E-state index contributed by atoms with van der Waals surface area (Å²) in [7, 11) is 0. The van der Waals surface area contributed by atoms with E-state index in [1.165, 1.54) is 57.5 Å². The summed E-state index contributed by atoms with van der Waals surface area (Å²) in [4.78, 5) is 2.81. The van der Waals surface area contributed by atoms with Gasteiger partial charge in [0.05, 0.1) is 0 Å². The van der Waals surface area contributed by atoms with E-state index in [0.29, 0.717) is 11.1 Å². The van der Waals surface area contributed by atoms with Crippen LogP contribution in [0.5, 0.6) is 0 Å². The number of nitrogens with zero attached hydrogens (tertiary/aromatic N) is 1. The van der Waals surface area contributed by atoms with Crippen LogP contribution in [0.15, 0.2) is 0 Å². The Bertz CT molecular complexity index is 247. The van der Waals surface area contributed by atoms with Gasteiger partial charge >= 0.3 is 0 Å². The molecule has 1 N–H and O–H groups in total. The summed E-state index contributed by atoms with van der Waals surface area (Å²) >= 11 is 1.98. The second-order valence-electron chi connectivity index (χ2n) is 6.44. The minimum Gasteiger partial charge on any atom is -0.309 e. The first-order chi connectivity index (χ1) is 8.08. The summed E-state index contributed by atoms with van der Waals surface area (Å²) in [6.45, 7) is 8.42. The highest BCUT2D eigenvalue weighted by molar-refractivity contribution is 7.98. The van der Waals surface area contributed by atoms with E-state index >= 15 is 0 Å². The highest BCUT2D eigenvalue weighted by Crippen LogP contribution is 2.38. The minimum atomic E-state index is 0.299. The van der Waals surface area contributed by atoms with Crippen molar-refractivity contribution in [1.82, 2.24) is 10.2 Å². The fourth-order valence-electron chi connectivity index (χ4n) is 3.46. The molecule has 100 valence electrons. The van der Waals surface area contributed by atoms with Crippen LogP contribution in [0.2, 0.25) is 0 Å². The lowest BCUT2D eigenvalue weighted by Gasteiger charge is -2.51. The zero-order chi connectivity index (χ0) is 12.4. The monoisotopic (exact) mass is 256 g/mol. The Morgan fingerprint density at radius 3 is 2.59 bits per heavy atom. The average molecular weight is 256 g/mol. The smallest absolute Gasteiger partial charge is 0.0334 e. The molecule has 2 fully saturated rings. The maximum atomic E-state index is 3.76. The van der Waals surface area contributed by atoms with Crippen molar-refractivity contribution in [2.24, 2.45) is 0 Å². The molecule has 0 unspecified atom stereocenters. The summed E-state index contributed by atoms with van der Waals surface area (Å²) in [6.07, 6.45) is 9.25. The Labute approximate surface area is 111 Å². The first-order valence-corrected chi connectivity index (χ1v) is 8.46. The SMILES string of the molecule is CSCCCN1CC(C)(C)NCC12CCCC2. The van der Waals surface area contributed by atoms with Gasteiger partial charge in [-0.15, -0.1) is 0 Å². The number of hydrogen-bond donors (Lipinski definition) is 1. The van der Waals surface area contributed by atoms with Gasteiger partial charge < -0.3 is 5.32 Å². The minimum absolute atomic E-state index is 0.299. The van der Waals surface area contributed by atoms with Crippen molar-refractivity contribution in [2.45, 2.75) is 57.0 Å². The molecular formula is C14H28N2S. The maximum absolute atomic E-state index is 3.76. The number of nitrogens with one attached hydrogen (secondary N) is 1. The van der Waals surface area contributed by atoms with Gasteiger partial charge in [-0.05, 0) is 51.7 Å². The van der Waals surface area contributed by atoms with Crippen LogP contribution in [0, 0.1) is 0 Å². The lowest BCUT2D eigenvalue weighted by atomic mass is 9.87. The van der Waals surface area contributed by atoms with Crippen LogP contribution < -0.4 is 5.32 Å². The molecule has 0 aromatic carbocycles. The van der Waals surface area contributed by atoms with E-state index in [4.69, 9.17) is 0 Å². The molecule has 0 bridgehead atoms. The van der Waals surface area contributed by atoms with Crippen LogP contribution in [0.3, 0.4) is 0 Å². The highest BCUT2D eigenvalue weighted by Gasteiger charge is 2.45. The Morgan fingerprint density at radius 1 is 1.24 bits per heavy atom. The Morgan fingerprint density at radius 2 is 1.94 bits per heavy atom. The van der Waals surface area contributed by atoms with E-state index in [9.17, 15) is 0 Å². The summed E-state index contributed by atoms with van der Waals surface area (Å²) in [5.74, 6) is 1.31. The van der Waals surface area contributed by atoms with E-state index in [0.717, 1.165) is 0 Å². The second kappa shape index (κ2) is 5.50. The fraction of sp³-hybridized carbons (Fsp3) is 1.00. The molecule has 0 radical (unpaired) electrons. The van der Waals surface area contributed by atoms with Gasteiger partial charge in [0.1, 0.15) is 0 Å². The standard InChI is InChI=1S/C14H28N2S/c1-13(2)12-16(9-6-10-17-3)14(11-15-13)7-4-5-8-14/h15H,4-12H2,1-3H3. The molecule has 17 heavy (non-hydrogen) atoms. The molecule has 1 saturated carbocycles. The molecule has 0 amide bonds. The fourth-order valence-corrected chi connectivity index (χ4v) is 3.88. The summed E-state index contributed by atoms with van der Waals surface area (Å²) in [5, 5.41) is 3.76. The predicted molar refractivity (Wildman–Crippen MR) is 77.9 cm³/mol. The quantitative estimate of drug-likeness (QED) is 0.779. The van der Waals surface area contributed by atoms with Crippen LogP contribution in [-0.4, -0.2) is 47.6 Å². The van der Waals surface area contributed by atoms with Gasteiger partial charge in [0.2, 0.25) is 0 Å². The third-order valence-corrected chi connectivity index (χ3v) is 5.16. The van der Waals surface area contributed by atoms with E-state index in [-0.39, 0.29) is 0 Å². The third kappa shape index (κ3) is 3.18. The molecule has 1 saturated heterocycles. The first-order valence-electron chi connectivity index (χ1n) is 7.07. The van der Waals surface area contributed by atoms with Crippen molar-refractivity contribution < 1.29 is 0 Å². The Balaban J connectivity index is 1.99. The normalized spacial score (nSPS) is 27.7. The molecular weight excluding hydrogens is 228 g/mol. The molecule has 1 heterocycles. The number of piperazine rings is 1. The Kier molecular flexibility index (Phi) is 4.43. The predicted octanol–water partition coefficient (Wildman–Crippen LogP) is 2.74. The topological polar surface area (TPSA) is 15.3 Å². The summed E-state index contributed by atoms with van der Waals surface area (Å²) in [6, 6.07) is 0. The van der Waals surface area contributed by atoms with E-state index in [2.05, 4.69) is 30.3 Å². The average Bonchev–Trinajstić information content (AvgIpc) is 2.74. The first kappa shape index (κ1) is 13.7. The zero-order valence-corrected chi connectivity index (χ0v) is 12.5. The van der Waals surface area contributed by atoms with Gasteiger partial charge in [-0.2, -0.15) is 11.8 Å². The summed E-state index contributed by atoms with van der Waals surface area (Å²) < 4.78 is 0. The van der Waals surface area contributed by atoms with Crippen LogP contribution >= 0.6 is 11.8 Å². The Hall–Kier alpha value is 0.270. The van der Waals surface area contributed by atoms with Crippen molar-refractivity contribution in [2.75, 3.05) is 31.6 Å². The van der Waals surface area contributed by atoms with Crippen molar-refractivity contribution in [1.29, 1.82) is 0 Å². The molecule has 1 aliphatic carbocycles. The summed E-state index contributed by atoms with van der Waals surface area (Å²) in [5.41, 5.74) is 0.807. The molecule has 2 nitrogen and oxygen atoms in total. The molecule has 0 aromatic rings. The molecule has 0 aromatic heterocycles. The van der Waals surface area contributed by atoms with Crippen molar-refractivity contribution >= 4 is 11.8 Å².